The molecule has 1 saturated carbocycles. The molecule has 0 atom stereocenters. The molecule has 0 unspecified atom stereocenters. The van der Waals surface area contributed by atoms with E-state index in [-0.39, 0.29) is 24.0 Å². The van der Waals surface area contributed by atoms with E-state index in [0.717, 1.165) is 49.0 Å². The maximum atomic E-state index is 4.47. The van der Waals surface area contributed by atoms with Crippen molar-refractivity contribution in [2.24, 2.45) is 16.8 Å². The van der Waals surface area contributed by atoms with Crippen LogP contribution in [0.15, 0.2) is 4.99 Å². The predicted octanol–water partition coefficient (Wildman–Crippen LogP) is 3.46. The Morgan fingerprint density at radius 1 is 1.19 bits per heavy atom. The fraction of sp³-hybridized carbons (Fsp3) is 0.842. The van der Waals surface area contributed by atoms with Gasteiger partial charge in [0.25, 0.3) is 0 Å². The number of aliphatic imine (C=N–C) groups is 1. The first-order valence-electron chi connectivity index (χ1n) is 10.00. The Hall–Kier alpha value is -0.860. The third kappa shape index (κ3) is 5.57. The van der Waals surface area contributed by atoms with E-state index in [1.165, 1.54) is 44.9 Å². The maximum Gasteiger partial charge on any atom is 0.193 e. The maximum absolute atomic E-state index is 4.47. The highest BCUT2D eigenvalue weighted by Gasteiger charge is 2.21. The van der Waals surface area contributed by atoms with Crippen molar-refractivity contribution in [3.05, 3.63) is 11.6 Å². The van der Waals surface area contributed by atoms with Crippen molar-refractivity contribution in [1.82, 2.24) is 25.0 Å². The van der Waals surface area contributed by atoms with Gasteiger partial charge in [0, 0.05) is 33.6 Å². The number of nitrogens with zero attached hydrogens (tertiary/aromatic N) is 5. The molecule has 26 heavy (non-hydrogen) atoms. The minimum atomic E-state index is 0. The van der Waals surface area contributed by atoms with E-state index in [1.54, 1.807) is 0 Å². The normalized spacial score (nSPS) is 23.6. The largest absolute Gasteiger partial charge is 0.349 e. The van der Waals surface area contributed by atoms with Gasteiger partial charge in [-0.25, -0.2) is 0 Å². The molecule has 0 saturated heterocycles. The molecule has 1 N–H and O–H groups in total. The fourth-order valence-electron chi connectivity index (χ4n) is 4.20. The van der Waals surface area contributed by atoms with Crippen LogP contribution >= 0.6 is 24.0 Å². The van der Waals surface area contributed by atoms with Crippen molar-refractivity contribution in [3.63, 3.8) is 0 Å². The average Bonchev–Trinajstić information content (AvgIpc) is 2.84. The van der Waals surface area contributed by atoms with Crippen molar-refractivity contribution in [3.8, 4) is 0 Å². The molecule has 1 aromatic heterocycles. The van der Waals surface area contributed by atoms with E-state index in [4.69, 9.17) is 0 Å². The van der Waals surface area contributed by atoms with Gasteiger partial charge in [-0.15, -0.1) is 34.2 Å². The van der Waals surface area contributed by atoms with Crippen LogP contribution in [-0.4, -0.2) is 46.3 Å². The smallest absolute Gasteiger partial charge is 0.193 e. The zero-order valence-corrected chi connectivity index (χ0v) is 18.9. The van der Waals surface area contributed by atoms with Gasteiger partial charge in [-0.3, -0.25) is 4.99 Å². The molecule has 0 amide bonds. The second kappa shape index (κ2) is 10.5. The molecule has 6 nitrogen and oxygen atoms in total. The molecular weight excluding hydrogens is 439 g/mol. The number of hydrogen-bond acceptors (Lipinski definition) is 3. The van der Waals surface area contributed by atoms with Gasteiger partial charge in [0.15, 0.2) is 11.8 Å². The summed E-state index contributed by atoms with van der Waals surface area (Å²) in [5.41, 5.74) is 0. The Morgan fingerprint density at radius 3 is 2.69 bits per heavy atom. The highest BCUT2D eigenvalue weighted by Crippen LogP contribution is 2.28. The number of nitrogens with one attached hydrogen (secondary N) is 1. The zero-order chi connectivity index (χ0) is 17.6. The molecule has 7 heteroatoms. The predicted molar refractivity (Wildman–Crippen MR) is 117 cm³/mol. The van der Waals surface area contributed by atoms with E-state index in [2.05, 4.69) is 43.9 Å². The van der Waals surface area contributed by atoms with E-state index < -0.39 is 0 Å². The Labute approximate surface area is 175 Å². The summed E-state index contributed by atoms with van der Waals surface area (Å²) < 4.78 is 2.30. The molecule has 0 radical (unpaired) electrons. The van der Waals surface area contributed by atoms with Crippen LogP contribution in [0.25, 0.3) is 0 Å². The summed E-state index contributed by atoms with van der Waals surface area (Å²) in [6.07, 6.45) is 10.2. The quantitative estimate of drug-likeness (QED) is 0.413. The van der Waals surface area contributed by atoms with Crippen LogP contribution in [0.3, 0.4) is 0 Å². The van der Waals surface area contributed by atoms with Gasteiger partial charge in [-0.05, 0) is 37.5 Å². The molecule has 3 rings (SSSR count). The molecule has 0 bridgehead atoms. The first-order chi connectivity index (χ1) is 12.2. The minimum absolute atomic E-state index is 0. The molecule has 1 aromatic rings. The summed E-state index contributed by atoms with van der Waals surface area (Å²) >= 11 is 0. The van der Waals surface area contributed by atoms with Crippen LogP contribution in [0.5, 0.6) is 0 Å². The van der Waals surface area contributed by atoms with Crippen LogP contribution < -0.4 is 5.32 Å². The zero-order valence-electron chi connectivity index (χ0n) is 16.6. The topological polar surface area (TPSA) is 58.3 Å². The number of hydrogen-bond donors (Lipinski definition) is 1. The number of guanidine groups is 1. The highest BCUT2D eigenvalue weighted by molar-refractivity contribution is 14.0. The lowest BCUT2D eigenvalue weighted by molar-refractivity contribution is 0.250. The van der Waals surface area contributed by atoms with E-state index >= 15 is 0 Å². The monoisotopic (exact) mass is 474 g/mol. The Morgan fingerprint density at radius 2 is 1.96 bits per heavy atom. The SMILES string of the molecule is CN=C(NCc1nnc2n1CCCCC2)N(C)CC1CCC(C)CC1.I. The van der Waals surface area contributed by atoms with Crippen molar-refractivity contribution < 1.29 is 0 Å². The van der Waals surface area contributed by atoms with E-state index in [1.807, 2.05) is 7.05 Å². The van der Waals surface area contributed by atoms with Crippen LogP contribution in [0.4, 0.5) is 0 Å². The second-order valence-electron chi connectivity index (χ2n) is 7.90. The first-order valence-corrected chi connectivity index (χ1v) is 10.00. The van der Waals surface area contributed by atoms with Crippen molar-refractivity contribution in [1.29, 1.82) is 0 Å². The summed E-state index contributed by atoms with van der Waals surface area (Å²) in [6, 6.07) is 0. The van der Waals surface area contributed by atoms with Crippen molar-refractivity contribution >= 4 is 29.9 Å². The van der Waals surface area contributed by atoms with Gasteiger partial charge in [0.05, 0.1) is 6.54 Å². The molecular formula is C19H35IN6. The summed E-state index contributed by atoms with van der Waals surface area (Å²) in [7, 11) is 4.02. The molecule has 2 aliphatic rings. The number of fused-ring (bicyclic) bond motifs is 1. The van der Waals surface area contributed by atoms with E-state index in [9.17, 15) is 0 Å². The Balaban J connectivity index is 0.00000243. The van der Waals surface area contributed by atoms with Crippen LogP contribution in [0.1, 0.15) is 63.5 Å². The third-order valence-corrected chi connectivity index (χ3v) is 5.83. The van der Waals surface area contributed by atoms with Gasteiger partial charge in [0.2, 0.25) is 0 Å². The molecule has 2 heterocycles. The fourth-order valence-corrected chi connectivity index (χ4v) is 4.20. The van der Waals surface area contributed by atoms with Crippen LogP contribution in [0.2, 0.25) is 0 Å². The highest BCUT2D eigenvalue weighted by atomic mass is 127. The molecule has 1 aliphatic heterocycles. The van der Waals surface area contributed by atoms with Crippen molar-refractivity contribution in [2.45, 2.75) is 71.4 Å². The van der Waals surface area contributed by atoms with Gasteiger partial charge >= 0.3 is 0 Å². The Kier molecular flexibility index (Phi) is 8.63. The first kappa shape index (κ1) is 21.4. The molecule has 0 spiro atoms. The molecule has 1 aliphatic carbocycles. The second-order valence-corrected chi connectivity index (χ2v) is 7.90. The van der Waals surface area contributed by atoms with Crippen LogP contribution in [-0.2, 0) is 19.5 Å². The number of aryl methyl sites for hydroxylation is 1. The lowest BCUT2D eigenvalue weighted by Crippen LogP contribution is -2.41. The Bertz CT molecular complexity index is 577. The summed E-state index contributed by atoms with van der Waals surface area (Å²) in [5, 5.41) is 12.3. The number of aromatic nitrogens is 3. The summed E-state index contributed by atoms with van der Waals surface area (Å²) in [4.78, 5) is 6.75. The lowest BCUT2D eigenvalue weighted by Gasteiger charge is -2.31. The van der Waals surface area contributed by atoms with Gasteiger partial charge in [0.1, 0.15) is 5.82 Å². The average molecular weight is 474 g/mol. The van der Waals surface area contributed by atoms with Gasteiger partial charge in [-0.2, -0.15) is 0 Å². The number of rotatable bonds is 4. The minimum Gasteiger partial charge on any atom is -0.349 e. The summed E-state index contributed by atoms with van der Waals surface area (Å²) in [6.45, 7) is 5.21. The standard InChI is InChI=1S/C19H34N6.HI/c1-15-8-10-16(11-9-15)14-24(3)19(20-2)21-13-18-23-22-17-7-5-4-6-12-25(17)18;/h15-16H,4-14H2,1-3H3,(H,20,21);1H. The van der Waals surface area contributed by atoms with Crippen molar-refractivity contribution in [2.75, 3.05) is 20.6 Å². The van der Waals surface area contributed by atoms with Crippen LogP contribution in [0, 0.1) is 11.8 Å². The van der Waals surface area contributed by atoms with E-state index in [0.29, 0.717) is 6.54 Å². The lowest BCUT2D eigenvalue weighted by atomic mass is 9.83. The van der Waals surface area contributed by atoms with Gasteiger partial charge in [-0.1, -0.05) is 26.2 Å². The van der Waals surface area contributed by atoms with Gasteiger partial charge < -0.3 is 14.8 Å². The summed E-state index contributed by atoms with van der Waals surface area (Å²) in [5.74, 6) is 4.85. The third-order valence-electron chi connectivity index (χ3n) is 5.83. The molecule has 0 aromatic carbocycles. The molecule has 148 valence electrons. The molecule has 1 fully saturated rings. The number of halogens is 1.